The fourth-order valence-electron chi connectivity index (χ4n) is 13.6. The molecule has 17 rings (SSSR count). The van der Waals surface area contributed by atoms with Crippen LogP contribution in [0.4, 0.5) is 0 Å². The second-order valence-corrected chi connectivity index (χ2v) is 23.5. The Morgan fingerprint density at radius 3 is 1.06 bits per heavy atom. The van der Waals surface area contributed by atoms with Crippen molar-refractivity contribution in [3.63, 3.8) is 0 Å². The SMILES string of the molecule is C1=CC(n2c3ccc(-c4ccccc4-c4ccccn4)cc3c3cc(-c4ccccc4-c4ccccn4)ccc32)Cc2c1sc1ccc(-n3c4ccc(-c5ccccc5-c5ccccn5)cc4c4cc(-c5ccccc5-c5ccccn5)ccc43)cc21. The Hall–Kier alpha value is -11.1. The molecule has 1 atom stereocenters. The number of fused-ring (bicyclic) bond motifs is 9. The number of hydrogen-bond donors (Lipinski definition) is 0. The minimum atomic E-state index is 0.0466. The van der Waals surface area contributed by atoms with Crippen molar-refractivity contribution >= 4 is 71.1 Å². The van der Waals surface area contributed by atoms with Crippen LogP contribution in [-0.4, -0.2) is 29.1 Å². The van der Waals surface area contributed by atoms with Gasteiger partial charge in [0.15, 0.2) is 0 Å². The summed E-state index contributed by atoms with van der Waals surface area (Å²) in [5, 5.41) is 6.09. The van der Waals surface area contributed by atoms with Crippen molar-refractivity contribution in [2.75, 3.05) is 0 Å². The number of thiophene rings is 1. The van der Waals surface area contributed by atoms with Gasteiger partial charge >= 0.3 is 0 Å². The van der Waals surface area contributed by atoms with E-state index in [4.69, 9.17) is 19.9 Å². The monoisotopic (exact) mass is 1130 g/mol. The van der Waals surface area contributed by atoms with Gasteiger partial charge in [0.1, 0.15) is 0 Å². The minimum absolute atomic E-state index is 0.0466. The Kier molecular flexibility index (Phi) is 12.1. The third-order valence-electron chi connectivity index (χ3n) is 17.6. The van der Waals surface area contributed by atoms with E-state index in [1.165, 1.54) is 53.1 Å². The van der Waals surface area contributed by atoms with Crippen LogP contribution in [0.1, 0.15) is 16.5 Å². The van der Waals surface area contributed by atoms with Gasteiger partial charge in [-0.3, -0.25) is 19.9 Å². The van der Waals surface area contributed by atoms with E-state index in [1.807, 2.05) is 60.4 Å². The molecule has 0 aliphatic heterocycles. The molecule has 7 aromatic heterocycles. The zero-order chi connectivity index (χ0) is 57.4. The zero-order valence-corrected chi connectivity index (χ0v) is 48.0. The van der Waals surface area contributed by atoms with Gasteiger partial charge in [0.05, 0.1) is 39.9 Å². The van der Waals surface area contributed by atoms with Crippen LogP contribution in [-0.2, 0) is 6.42 Å². The van der Waals surface area contributed by atoms with Crippen molar-refractivity contribution in [3.8, 4) is 95.2 Å². The van der Waals surface area contributed by atoms with E-state index >= 15 is 0 Å². The molecule has 1 aliphatic carbocycles. The molecular formula is C80H52N6S. The number of rotatable bonds is 10. The standard InChI is InChI=1S/C80H52N6S/c1-5-21-61(71-25-9-13-41-81-71)57(17-1)51-29-35-75-65(45-51)66-46-52(58-18-2-6-22-62(58)72-26-10-14-42-82-72)30-36-76(66)85(75)55-33-39-79-69(49-55)70-50-56(34-40-80(70)87-79)86-77-37-31-53(59-19-3-7-23-63(59)73-27-11-15-43-83-73)47-67(77)68-48-54(32-38-78(68)86)60-20-4-8-24-64(60)74-28-12-16-44-84-74/h1-49,56H,50H2. The third-order valence-corrected chi connectivity index (χ3v) is 18.7. The number of allylic oxidation sites excluding steroid dienone is 1. The number of pyridine rings is 4. The van der Waals surface area contributed by atoms with Gasteiger partial charge in [0, 0.05) is 94.9 Å². The lowest BCUT2D eigenvalue weighted by Gasteiger charge is -2.22. The number of benzene rings is 9. The second kappa shape index (κ2) is 20.9. The fraction of sp³-hybridized carbons (Fsp3) is 0.0250. The number of nitrogens with zero attached hydrogens (tertiary/aromatic N) is 6. The summed E-state index contributed by atoms with van der Waals surface area (Å²) < 4.78 is 6.36. The summed E-state index contributed by atoms with van der Waals surface area (Å²) in [6, 6.07) is 94.4. The van der Waals surface area contributed by atoms with Gasteiger partial charge in [-0.15, -0.1) is 11.3 Å². The predicted octanol–water partition coefficient (Wildman–Crippen LogP) is 20.8. The minimum Gasteiger partial charge on any atom is -0.333 e. The van der Waals surface area contributed by atoms with Crippen molar-refractivity contribution in [1.29, 1.82) is 0 Å². The maximum Gasteiger partial charge on any atom is 0.0708 e. The van der Waals surface area contributed by atoms with Crippen molar-refractivity contribution in [2.24, 2.45) is 0 Å². The highest BCUT2D eigenvalue weighted by Crippen LogP contribution is 2.47. The van der Waals surface area contributed by atoms with Crippen LogP contribution in [0.25, 0.3) is 155 Å². The molecule has 0 spiro atoms. The van der Waals surface area contributed by atoms with Gasteiger partial charge in [-0.1, -0.05) is 152 Å². The van der Waals surface area contributed by atoms with E-state index in [2.05, 4.69) is 258 Å². The highest BCUT2D eigenvalue weighted by Gasteiger charge is 2.26. The molecule has 9 aromatic carbocycles. The first-order chi connectivity index (χ1) is 43.1. The molecule has 6 nitrogen and oxygen atoms in total. The van der Waals surface area contributed by atoms with Gasteiger partial charge in [-0.2, -0.15) is 0 Å². The van der Waals surface area contributed by atoms with Gasteiger partial charge in [-0.25, -0.2) is 0 Å². The summed E-state index contributed by atoms with van der Waals surface area (Å²) in [5.41, 5.74) is 24.6. The van der Waals surface area contributed by atoms with E-state index in [-0.39, 0.29) is 6.04 Å². The molecule has 0 saturated heterocycles. The molecule has 0 N–H and O–H groups in total. The Morgan fingerprint density at radius 1 is 0.322 bits per heavy atom. The average molecular weight is 1130 g/mol. The Balaban J connectivity index is 0.814. The van der Waals surface area contributed by atoms with Gasteiger partial charge < -0.3 is 9.13 Å². The van der Waals surface area contributed by atoms with Crippen molar-refractivity contribution in [3.05, 3.63) is 302 Å². The summed E-state index contributed by atoms with van der Waals surface area (Å²) in [6.07, 6.45) is 13.2. The summed E-state index contributed by atoms with van der Waals surface area (Å²) >= 11 is 1.89. The topological polar surface area (TPSA) is 61.4 Å². The Morgan fingerprint density at radius 2 is 0.678 bits per heavy atom. The van der Waals surface area contributed by atoms with Crippen LogP contribution in [0.2, 0.25) is 0 Å². The van der Waals surface area contributed by atoms with Crippen molar-refractivity contribution in [2.45, 2.75) is 12.5 Å². The first-order valence-corrected chi connectivity index (χ1v) is 30.4. The normalized spacial score (nSPS) is 13.1. The van der Waals surface area contributed by atoms with Gasteiger partial charge in [0.25, 0.3) is 0 Å². The largest absolute Gasteiger partial charge is 0.333 e. The zero-order valence-electron chi connectivity index (χ0n) is 47.2. The molecule has 0 fully saturated rings. The lowest BCUT2D eigenvalue weighted by atomic mass is 9.94. The van der Waals surface area contributed by atoms with E-state index in [1.54, 1.807) is 0 Å². The quantitative estimate of drug-likeness (QED) is 0.137. The molecule has 16 aromatic rings. The van der Waals surface area contributed by atoms with Crippen LogP contribution in [0, 0.1) is 0 Å². The summed E-state index contributed by atoms with van der Waals surface area (Å²) in [6.45, 7) is 0. The van der Waals surface area contributed by atoms with E-state index < -0.39 is 0 Å². The average Bonchev–Trinajstić information content (AvgIpc) is 1.74. The van der Waals surface area contributed by atoms with E-state index in [0.29, 0.717) is 0 Å². The summed E-state index contributed by atoms with van der Waals surface area (Å²) in [5.74, 6) is 0. The highest BCUT2D eigenvalue weighted by atomic mass is 32.1. The molecule has 0 bridgehead atoms. The molecule has 1 aliphatic rings. The molecule has 1 unspecified atom stereocenters. The van der Waals surface area contributed by atoms with E-state index in [9.17, 15) is 0 Å². The molecule has 408 valence electrons. The van der Waals surface area contributed by atoms with Crippen LogP contribution in [0.3, 0.4) is 0 Å². The first-order valence-electron chi connectivity index (χ1n) is 29.6. The Bertz CT molecular complexity index is 5090. The highest BCUT2D eigenvalue weighted by molar-refractivity contribution is 7.20. The third kappa shape index (κ3) is 8.61. The molecule has 87 heavy (non-hydrogen) atoms. The second-order valence-electron chi connectivity index (χ2n) is 22.4. The lowest BCUT2D eigenvalue weighted by Crippen LogP contribution is -2.12. The molecule has 0 amide bonds. The number of aromatic nitrogens is 6. The maximum absolute atomic E-state index is 4.80. The molecular weight excluding hydrogens is 1080 g/mol. The summed E-state index contributed by atoms with van der Waals surface area (Å²) in [7, 11) is 0. The lowest BCUT2D eigenvalue weighted by molar-refractivity contribution is 0.640. The molecule has 7 heterocycles. The molecule has 0 saturated carbocycles. The van der Waals surface area contributed by atoms with Gasteiger partial charge in [0.2, 0.25) is 0 Å². The maximum atomic E-state index is 4.80. The summed E-state index contributed by atoms with van der Waals surface area (Å²) in [4.78, 5) is 20.5. The van der Waals surface area contributed by atoms with Crippen LogP contribution in [0.15, 0.2) is 292 Å². The van der Waals surface area contributed by atoms with Crippen LogP contribution >= 0.6 is 11.3 Å². The van der Waals surface area contributed by atoms with Crippen molar-refractivity contribution in [1.82, 2.24) is 29.1 Å². The number of hydrogen-bond acceptors (Lipinski definition) is 5. The smallest absolute Gasteiger partial charge is 0.0708 e. The van der Waals surface area contributed by atoms with Crippen molar-refractivity contribution < 1.29 is 0 Å². The van der Waals surface area contributed by atoms with E-state index in [0.717, 1.165) is 113 Å². The van der Waals surface area contributed by atoms with Gasteiger partial charge in [-0.05, 0) is 183 Å². The molecule has 7 heteroatoms. The molecule has 0 radical (unpaired) electrons. The Labute approximate surface area is 507 Å². The fourth-order valence-corrected chi connectivity index (χ4v) is 14.7. The first kappa shape index (κ1) is 50.4. The van der Waals surface area contributed by atoms with Crippen LogP contribution < -0.4 is 0 Å². The van der Waals surface area contributed by atoms with Crippen LogP contribution in [0.5, 0.6) is 0 Å². The predicted molar refractivity (Wildman–Crippen MR) is 362 cm³/mol.